The van der Waals surface area contributed by atoms with E-state index in [-0.39, 0.29) is 24.0 Å². The SMILES string of the molecule is COc1ccc(C2(O)CSC3=C(C#N)C(c4ccc(Cl)cc4)CC(=O)N32)cc1OC. The van der Waals surface area contributed by atoms with Crippen LogP contribution in [0.5, 0.6) is 11.5 Å². The zero-order valence-corrected chi connectivity index (χ0v) is 18.0. The quantitative estimate of drug-likeness (QED) is 0.770. The van der Waals surface area contributed by atoms with Crippen LogP contribution in [0, 0.1) is 11.3 Å². The lowest BCUT2D eigenvalue weighted by molar-refractivity contribution is -0.149. The van der Waals surface area contributed by atoms with Gasteiger partial charge in [0.2, 0.25) is 5.91 Å². The van der Waals surface area contributed by atoms with Gasteiger partial charge in [-0.3, -0.25) is 9.69 Å². The predicted octanol–water partition coefficient (Wildman–Crippen LogP) is 4.00. The highest BCUT2D eigenvalue weighted by Crippen LogP contribution is 2.52. The smallest absolute Gasteiger partial charge is 0.231 e. The minimum atomic E-state index is -1.58. The molecular weight excluding hydrogens is 424 g/mol. The molecule has 2 aliphatic heterocycles. The van der Waals surface area contributed by atoms with Gasteiger partial charge >= 0.3 is 0 Å². The van der Waals surface area contributed by atoms with Gasteiger partial charge in [0.15, 0.2) is 17.2 Å². The number of rotatable bonds is 4. The van der Waals surface area contributed by atoms with Crippen molar-refractivity contribution in [1.82, 2.24) is 4.90 Å². The Bertz CT molecular complexity index is 1080. The number of hydrogen-bond acceptors (Lipinski definition) is 6. The fourth-order valence-electron chi connectivity index (χ4n) is 3.90. The van der Waals surface area contributed by atoms with Gasteiger partial charge in [0.25, 0.3) is 0 Å². The van der Waals surface area contributed by atoms with Crippen LogP contribution < -0.4 is 9.47 Å². The minimum absolute atomic E-state index is 0.0875. The molecule has 0 bridgehead atoms. The van der Waals surface area contributed by atoms with Gasteiger partial charge in [-0.25, -0.2) is 0 Å². The van der Waals surface area contributed by atoms with Crippen LogP contribution in [0.25, 0.3) is 0 Å². The van der Waals surface area contributed by atoms with E-state index in [2.05, 4.69) is 6.07 Å². The van der Waals surface area contributed by atoms with Gasteiger partial charge in [0.05, 0.1) is 36.6 Å². The number of aliphatic hydroxyl groups is 1. The van der Waals surface area contributed by atoms with Crippen LogP contribution in [0.3, 0.4) is 0 Å². The number of benzene rings is 2. The number of carbonyl (C=O) groups excluding carboxylic acids is 1. The highest BCUT2D eigenvalue weighted by molar-refractivity contribution is 8.03. The summed E-state index contributed by atoms with van der Waals surface area (Å²) in [5.74, 6) is 0.575. The number of halogens is 1. The van der Waals surface area contributed by atoms with Crippen molar-refractivity contribution in [3.8, 4) is 17.6 Å². The zero-order valence-electron chi connectivity index (χ0n) is 16.4. The van der Waals surface area contributed by atoms with Gasteiger partial charge in [-0.1, -0.05) is 29.8 Å². The summed E-state index contributed by atoms with van der Waals surface area (Å²) in [6, 6.07) is 14.5. The van der Waals surface area contributed by atoms with E-state index < -0.39 is 5.72 Å². The highest BCUT2D eigenvalue weighted by Gasteiger charge is 2.52. The van der Waals surface area contributed by atoms with Gasteiger partial charge in [0.1, 0.15) is 0 Å². The molecule has 4 rings (SSSR count). The average Bonchev–Trinajstić information content (AvgIpc) is 3.13. The Labute approximate surface area is 183 Å². The summed E-state index contributed by atoms with van der Waals surface area (Å²) >= 11 is 7.29. The molecule has 1 N–H and O–H groups in total. The fourth-order valence-corrected chi connectivity index (χ4v) is 5.39. The summed E-state index contributed by atoms with van der Waals surface area (Å²) in [7, 11) is 3.04. The molecule has 0 aromatic heterocycles. The van der Waals surface area contributed by atoms with Crippen LogP contribution in [0.1, 0.15) is 23.5 Å². The third kappa shape index (κ3) is 3.21. The fraction of sp³-hybridized carbons (Fsp3) is 0.273. The maximum absolute atomic E-state index is 13.2. The Hall–Kier alpha value is -2.66. The van der Waals surface area contributed by atoms with Crippen LogP contribution >= 0.6 is 23.4 Å². The first-order valence-electron chi connectivity index (χ1n) is 9.23. The van der Waals surface area contributed by atoms with Crippen LogP contribution in [0.15, 0.2) is 53.1 Å². The molecule has 154 valence electrons. The van der Waals surface area contributed by atoms with Gasteiger partial charge in [-0.05, 0) is 29.8 Å². The van der Waals surface area contributed by atoms with E-state index in [0.29, 0.717) is 32.7 Å². The molecule has 1 amide bonds. The number of nitrogens with zero attached hydrogens (tertiary/aromatic N) is 2. The van der Waals surface area contributed by atoms with Crippen molar-refractivity contribution >= 4 is 29.3 Å². The molecule has 2 aromatic carbocycles. The van der Waals surface area contributed by atoms with E-state index in [4.69, 9.17) is 21.1 Å². The van der Waals surface area contributed by atoms with Crippen molar-refractivity contribution in [3.05, 3.63) is 69.2 Å². The van der Waals surface area contributed by atoms with Crippen molar-refractivity contribution in [2.75, 3.05) is 20.0 Å². The Morgan fingerprint density at radius 3 is 2.53 bits per heavy atom. The number of nitriles is 1. The van der Waals surface area contributed by atoms with Crippen molar-refractivity contribution < 1.29 is 19.4 Å². The molecule has 1 saturated heterocycles. The van der Waals surface area contributed by atoms with E-state index in [9.17, 15) is 15.2 Å². The molecule has 2 atom stereocenters. The van der Waals surface area contributed by atoms with Crippen molar-refractivity contribution in [2.45, 2.75) is 18.1 Å². The van der Waals surface area contributed by atoms with Crippen LogP contribution in [-0.4, -0.2) is 35.9 Å². The molecule has 0 saturated carbocycles. The molecule has 2 aliphatic rings. The number of hydrogen-bond donors (Lipinski definition) is 1. The summed E-state index contributed by atoms with van der Waals surface area (Å²) in [6.45, 7) is 0. The second kappa shape index (κ2) is 7.88. The summed E-state index contributed by atoms with van der Waals surface area (Å²) in [6.07, 6.45) is 0.0875. The number of allylic oxidation sites excluding steroid dienone is 1. The zero-order chi connectivity index (χ0) is 21.5. The molecule has 30 heavy (non-hydrogen) atoms. The van der Waals surface area contributed by atoms with E-state index in [0.717, 1.165) is 5.56 Å². The standard InChI is InChI=1S/C22H19ClN2O4S/c1-28-18-8-5-14(9-19(18)29-2)22(27)12-30-21-17(11-24)16(10-20(26)25(21)22)13-3-6-15(23)7-4-13/h3-9,16,27H,10,12H2,1-2H3. The Kier molecular flexibility index (Phi) is 5.41. The number of carbonyl (C=O) groups is 1. The maximum atomic E-state index is 13.2. The van der Waals surface area contributed by atoms with Gasteiger partial charge in [0, 0.05) is 22.9 Å². The number of amides is 1. The lowest BCUT2D eigenvalue weighted by atomic mass is 9.85. The number of thioether (sulfide) groups is 1. The normalized spacial score (nSPS) is 23.2. The molecule has 0 spiro atoms. The summed E-state index contributed by atoms with van der Waals surface area (Å²) in [5, 5.41) is 22.5. The highest BCUT2D eigenvalue weighted by atomic mass is 35.5. The van der Waals surface area contributed by atoms with E-state index >= 15 is 0 Å². The van der Waals surface area contributed by atoms with Crippen molar-refractivity contribution in [3.63, 3.8) is 0 Å². The van der Waals surface area contributed by atoms with Gasteiger partial charge in [-0.15, -0.1) is 11.8 Å². The second-order valence-corrected chi connectivity index (χ2v) is 8.44. The van der Waals surface area contributed by atoms with E-state index in [1.165, 1.54) is 30.9 Å². The molecule has 2 heterocycles. The number of methoxy groups -OCH3 is 2. The molecule has 0 radical (unpaired) electrons. The molecule has 2 aromatic rings. The largest absolute Gasteiger partial charge is 0.493 e. The Balaban J connectivity index is 1.79. The topological polar surface area (TPSA) is 82.8 Å². The molecular formula is C22H19ClN2O4S. The number of ether oxygens (including phenoxy) is 2. The van der Waals surface area contributed by atoms with Crippen molar-refractivity contribution in [1.29, 1.82) is 5.26 Å². The molecule has 2 unspecified atom stereocenters. The van der Waals surface area contributed by atoms with Crippen LogP contribution in [0.4, 0.5) is 0 Å². The lowest BCUT2D eigenvalue weighted by Gasteiger charge is -2.38. The van der Waals surface area contributed by atoms with E-state index in [1.807, 2.05) is 12.1 Å². The monoisotopic (exact) mass is 442 g/mol. The molecule has 0 aliphatic carbocycles. The number of fused-ring (bicyclic) bond motifs is 1. The third-order valence-corrected chi connectivity index (χ3v) is 6.90. The first kappa shape index (κ1) is 20.6. The second-order valence-electron chi connectivity index (χ2n) is 7.04. The summed E-state index contributed by atoms with van der Waals surface area (Å²) in [5.41, 5.74) is 0.235. The van der Waals surface area contributed by atoms with Gasteiger partial charge in [-0.2, -0.15) is 5.26 Å². The first-order chi connectivity index (χ1) is 14.4. The van der Waals surface area contributed by atoms with Gasteiger partial charge < -0.3 is 14.6 Å². The Morgan fingerprint density at radius 2 is 1.90 bits per heavy atom. The Morgan fingerprint density at radius 1 is 1.20 bits per heavy atom. The van der Waals surface area contributed by atoms with Crippen LogP contribution in [0.2, 0.25) is 5.02 Å². The third-order valence-electron chi connectivity index (χ3n) is 5.43. The maximum Gasteiger partial charge on any atom is 0.231 e. The lowest BCUT2D eigenvalue weighted by Crippen LogP contribution is -2.48. The molecule has 1 fully saturated rings. The van der Waals surface area contributed by atoms with Crippen LogP contribution in [-0.2, 0) is 10.5 Å². The minimum Gasteiger partial charge on any atom is -0.493 e. The molecule has 6 nitrogen and oxygen atoms in total. The predicted molar refractivity (Wildman–Crippen MR) is 114 cm³/mol. The van der Waals surface area contributed by atoms with E-state index in [1.54, 1.807) is 30.3 Å². The first-order valence-corrected chi connectivity index (χ1v) is 10.6. The summed E-state index contributed by atoms with van der Waals surface area (Å²) in [4.78, 5) is 14.5. The van der Waals surface area contributed by atoms with Crippen molar-refractivity contribution in [2.24, 2.45) is 0 Å². The summed E-state index contributed by atoms with van der Waals surface area (Å²) < 4.78 is 10.6. The molecule has 8 heteroatoms. The average molecular weight is 443 g/mol.